The molecule has 2 nitrogen and oxygen atoms in total. The van der Waals surface area contributed by atoms with Gasteiger partial charge in [-0.05, 0) is 29.3 Å². The number of aromatic nitrogens is 2. The van der Waals surface area contributed by atoms with E-state index in [1.54, 1.807) is 6.20 Å². The van der Waals surface area contributed by atoms with Crippen LogP contribution in [0.5, 0.6) is 0 Å². The number of imidazole rings is 1. The van der Waals surface area contributed by atoms with Crippen LogP contribution >= 0.6 is 23.4 Å². The van der Waals surface area contributed by atoms with Crippen molar-refractivity contribution in [3.63, 3.8) is 0 Å². The van der Waals surface area contributed by atoms with E-state index in [0.29, 0.717) is 0 Å². The van der Waals surface area contributed by atoms with E-state index in [2.05, 4.69) is 46.4 Å². The molecule has 0 spiro atoms. The van der Waals surface area contributed by atoms with E-state index < -0.39 is 0 Å². The van der Waals surface area contributed by atoms with Gasteiger partial charge in [-0.25, -0.2) is 4.98 Å². The topological polar surface area (TPSA) is 28.7 Å². The number of H-pyrrole nitrogens is 1. The van der Waals surface area contributed by atoms with Crippen LogP contribution in [0.4, 0.5) is 0 Å². The summed E-state index contributed by atoms with van der Waals surface area (Å²) in [6.07, 6.45) is 4.48. The van der Waals surface area contributed by atoms with Crippen LogP contribution in [-0.4, -0.2) is 9.97 Å². The number of hydrogen-bond donors (Lipinski definition) is 1. The molecule has 21 heavy (non-hydrogen) atoms. The molecule has 0 unspecified atom stereocenters. The van der Waals surface area contributed by atoms with Gasteiger partial charge in [0.2, 0.25) is 0 Å². The smallest absolute Gasteiger partial charge is 0.110 e. The lowest BCUT2D eigenvalue weighted by Gasteiger charge is -2.08. The monoisotopic (exact) mass is 314 g/mol. The summed E-state index contributed by atoms with van der Waals surface area (Å²) in [4.78, 5) is 8.75. The number of thioether (sulfide) groups is 1. The number of benzene rings is 2. The molecule has 0 aliphatic heterocycles. The van der Waals surface area contributed by atoms with Gasteiger partial charge < -0.3 is 4.98 Å². The van der Waals surface area contributed by atoms with E-state index in [4.69, 9.17) is 11.6 Å². The van der Waals surface area contributed by atoms with E-state index in [0.717, 1.165) is 23.0 Å². The van der Waals surface area contributed by atoms with E-state index in [1.165, 1.54) is 16.0 Å². The highest BCUT2D eigenvalue weighted by molar-refractivity contribution is 7.98. The van der Waals surface area contributed by atoms with Crippen LogP contribution < -0.4 is 0 Å². The molecule has 0 aliphatic carbocycles. The van der Waals surface area contributed by atoms with Crippen LogP contribution in [0, 0.1) is 0 Å². The quantitative estimate of drug-likeness (QED) is 0.675. The Kier molecular flexibility index (Phi) is 4.63. The minimum atomic E-state index is 0.780. The number of hydrogen-bond acceptors (Lipinski definition) is 2. The third-order valence-corrected chi connectivity index (χ3v) is 4.63. The summed E-state index contributed by atoms with van der Waals surface area (Å²) in [6.45, 7) is 0. The van der Waals surface area contributed by atoms with Crippen molar-refractivity contribution in [2.45, 2.75) is 17.1 Å². The molecule has 0 saturated carbocycles. The maximum absolute atomic E-state index is 5.92. The number of rotatable bonds is 5. The summed E-state index contributed by atoms with van der Waals surface area (Å²) in [5.74, 6) is 1.93. The molecule has 0 amide bonds. The Morgan fingerprint density at radius 2 is 1.86 bits per heavy atom. The van der Waals surface area contributed by atoms with Gasteiger partial charge in [0.25, 0.3) is 0 Å². The van der Waals surface area contributed by atoms with Crippen LogP contribution in [-0.2, 0) is 12.2 Å². The summed E-state index contributed by atoms with van der Waals surface area (Å²) in [5.41, 5.74) is 2.57. The predicted molar refractivity (Wildman–Crippen MR) is 88.8 cm³/mol. The Balaban J connectivity index is 1.71. The Morgan fingerprint density at radius 1 is 1.05 bits per heavy atom. The normalized spacial score (nSPS) is 10.7. The van der Waals surface area contributed by atoms with Gasteiger partial charge >= 0.3 is 0 Å². The number of nitrogens with one attached hydrogen (secondary N) is 1. The van der Waals surface area contributed by atoms with Gasteiger partial charge in [-0.2, -0.15) is 0 Å². The maximum atomic E-state index is 5.92. The highest BCUT2D eigenvalue weighted by Gasteiger charge is 2.05. The van der Waals surface area contributed by atoms with Crippen molar-refractivity contribution in [3.8, 4) is 0 Å². The molecule has 0 atom stereocenters. The summed E-state index contributed by atoms with van der Waals surface area (Å²) in [7, 11) is 0. The standard InChI is InChI=1S/C17H15ClN2S/c18-15-7-5-13(6-8-15)12-21-16-4-2-1-3-14(16)11-17-19-9-10-20-17/h1-10H,11-12H2,(H,19,20). The van der Waals surface area contributed by atoms with Crippen molar-refractivity contribution in [2.24, 2.45) is 0 Å². The maximum Gasteiger partial charge on any atom is 0.110 e. The van der Waals surface area contributed by atoms with Crippen molar-refractivity contribution in [1.82, 2.24) is 9.97 Å². The van der Waals surface area contributed by atoms with Gasteiger partial charge in [-0.3, -0.25) is 0 Å². The molecular weight excluding hydrogens is 300 g/mol. The fourth-order valence-electron chi connectivity index (χ4n) is 2.11. The molecule has 1 aromatic heterocycles. The Labute approximate surface area is 133 Å². The SMILES string of the molecule is Clc1ccc(CSc2ccccc2Cc2ncc[nH]2)cc1. The first-order valence-electron chi connectivity index (χ1n) is 6.74. The predicted octanol–water partition coefficient (Wildman–Crippen LogP) is 4.95. The van der Waals surface area contributed by atoms with Crippen LogP contribution in [0.2, 0.25) is 5.02 Å². The summed E-state index contributed by atoms with van der Waals surface area (Å²) in [5, 5.41) is 0.780. The summed E-state index contributed by atoms with van der Waals surface area (Å²) in [6, 6.07) is 16.5. The van der Waals surface area contributed by atoms with E-state index >= 15 is 0 Å². The second-order valence-electron chi connectivity index (χ2n) is 4.74. The number of halogens is 1. The molecule has 0 bridgehead atoms. The minimum absolute atomic E-state index is 0.780. The zero-order valence-corrected chi connectivity index (χ0v) is 13.0. The van der Waals surface area contributed by atoms with Gasteiger partial charge in [-0.1, -0.05) is 41.9 Å². The molecule has 4 heteroatoms. The van der Waals surface area contributed by atoms with Gasteiger partial charge in [0.15, 0.2) is 0 Å². The summed E-state index contributed by atoms with van der Waals surface area (Å²) >= 11 is 7.76. The molecule has 106 valence electrons. The van der Waals surface area contributed by atoms with E-state index in [-0.39, 0.29) is 0 Å². The van der Waals surface area contributed by atoms with Crippen LogP contribution in [0.25, 0.3) is 0 Å². The molecule has 0 fully saturated rings. The first kappa shape index (κ1) is 14.2. The average Bonchev–Trinajstić information content (AvgIpc) is 3.01. The van der Waals surface area contributed by atoms with Gasteiger partial charge in [0.1, 0.15) is 5.82 Å². The zero-order chi connectivity index (χ0) is 14.5. The number of nitrogens with zero attached hydrogens (tertiary/aromatic N) is 1. The van der Waals surface area contributed by atoms with Crippen LogP contribution in [0.15, 0.2) is 65.8 Å². The first-order chi connectivity index (χ1) is 10.3. The fraction of sp³-hybridized carbons (Fsp3) is 0.118. The molecule has 0 aliphatic rings. The largest absolute Gasteiger partial charge is 0.348 e. The average molecular weight is 315 g/mol. The molecule has 0 saturated heterocycles. The van der Waals surface area contributed by atoms with E-state index in [1.807, 2.05) is 30.1 Å². The lowest BCUT2D eigenvalue weighted by Crippen LogP contribution is -1.93. The van der Waals surface area contributed by atoms with Gasteiger partial charge in [0.05, 0.1) is 0 Å². The highest BCUT2D eigenvalue weighted by Crippen LogP contribution is 2.27. The molecule has 1 N–H and O–H groups in total. The Morgan fingerprint density at radius 3 is 2.62 bits per heavy atom. The van der Waals surface area contributed by atoms with Crippen molar-refractivity contribution in [1.29, 1.82) is 0 Å². The van der Waals surface area contributed by atoms with Crippen molar-refractivity contribution in [3.05, 3.63) is 82.9 Å². The molecule has 2 aromatic carbocycles. The molecule has 1 heterocycles. The Bertz CT molecular complexity index is 693. The molecular formula is C17H15ClN2S. The molecule has 0 radical (unpaired) electrons. The van der Waals surface area contributed by atoms with Crippen LogP contribution in [0.3, 0.4) is 0 Å². The molecule has 3 rings (SSSR count). The lowest BCUT2D eigenvalue weighted by molar-refractivity contribution is 1.00. The van der Waals surface area contributed by atoms with Crippen LogP contribution in [0.1, 0.15) is 17.0 Å². The minimum Gasteiger partial charge on any atom is -0.348 e. The second kappa shape index (κ2) is 6.83. The highest BCUT2D eigenvalue weighted by atomic mass is 35.5. The zero-order valence-electron chi connectivity index (χ0n) is 11.4. The number of aromatic amines is 1. The Hall–Kier alpha value is -1.71. The fourth-order valence-corrected chi connectivity index (χ4v) is 3.25. The summed E-state index contributed by atoms with van der Waals surface area (Å²) < 4.78 is 0. The van der Waals surface area contributed by atoms with Crippen molar-refractivity contribution < 1.29 is 0 Å². The second-order valence-corrected chi connectivity index (χ2v) is 6.19. The van der Waals surface area contributed by atoms with Gasteiger partial charge in [0, 0.05) is 34.5 Å². The van der Waals surface area contributed by atoms with Crippen molar-refractivity contribution >= 4 is 23.4 Å². The van der Waals surface area contributed by atoms with E-state index in [9.17, 15) is 0 Å². The van der Waals surface area contributed by atoms with Crippen molar-refractivity contribution in [2.75, 3.05) is 0 Å². The lowest BCUT2D eigenvalue weighted by atomic mass is 10.1. The third-order valence-electron chi connectivity index (χ3n) is 3.19. The first-order valence-corrected chi connectivity index (χ1v) is 8.11. The molecule has 3 aromatic rings. The third kappa shape index (κ3) is 3.90. The van der Waals surface area contributed by atoms with Gasteiger partial charge in [-0.15, -0.1) is 11.8 Å².